The molecule has 0 aromatic heterocycles. The summed E-state index contributed by atoms with van der Waals surface area (Å²) in [5.41, 5.74) is 1.04. The van der Waals surface area contributed by atoms with Gasteiger partial charge in [0.1, 0.15) is 0 Å². The Balaban J connectivity index is 2.36. The van der Waals surface area contributed by atoms with Crippen molar-refractivity contribution < 1.29 is 19.0 Å². The van der Waals surface area contributed by atoms with Gasteiger partial charge in [-0.2, -0.15) is 0 Å². The number of rotatable bonds is 5. The van der Waals surface area contributed by atoms with Crippen molar-refractivity contribution in [3.05, 3.63) is 17.7 Å². The summed E-state index contributed by atoms with van der Waals surface area (Å²) in [6.45, 7) is 0. The Hall–Kier alpha value is -2.00. The van der Waals surface area contributed by atoms with E-state index >= 15 is 0 Å². The summed E-state index contributed by atoms with van der Waals surface area (Å²) in [7, 11) is 4.72. The zero-order valence-electron chi connectivity index (χ0n) is 10.6. The van der Waals surface area contributed by atoms with Crippen LogP contribution in [0.5, 0.6) is 17.2 Å². The number of aliphatic imine (C=N–C) groups is 1. The van der Waals surface area contributed by atoms with Crippen molar-refractivity contribution in [1.29, 1.82) is 0 Å². The maximum atomic E-state index is 10.2. The minimum absolute atomic E-state index is 0.0327. The molecule has 0 amide bonds. The molecule has 0 saturated heterocycles. The number of hydrogen-bond acceptors (Lipinski definition) is 5. The third kappa shape index (κ3) is 2.17. The monoisotopic (exact) mass is 249 g/mol. The van der Waals surface area contributed by atoms with Gasteiger partial charge in [0.2, 0.25) is 11.8 Å². The van der Waals surface area contributed by atoms with Crippen molar-refractivity contribution in [2.24, 2.45) is 4.99 Å². The molecule has 2 rings (SSSR count). The molecule has 1 fully saturated rings. The lowest BCUT2D eigenvalue weighted by Crippen LogP contribution is -1.97. The van der Waals surface area contributed by atoms with Gasteiger partial charge in [-0.05, 0) is 24.1 Å². The van der Waals surface area contributed by atoms with Gasteiger partial charge in [0.25, 0.3) is 0 Å². The second-order valence-corrected chi connectivity index (χ2v) is 4.09. The molecule has 5 nitrogen and oxygen atoms in total. The Bertz CT molecular complexity index is 469. The van der Waals surface area contributed by atoms with Gasteiger partial charge in [-0.15, -0.1) is 0 Å². The molecule has 1 aromatic rings. The number of hydrogen-bond donors (Lipinski definition) is 0. The first kappa shape index (κ1) is 12.5. The number of isocyanates is 1. The van der Waals surface area contributed by atoms with Crippen molar-refractivity contribution in [3.8, 4) is 17.2 Å². The summed E-state index contributed by atoms with van der Waals surface area (Å²) in [5, 5.41) is 0. The molecule has 0 aliphatic heterocycles. The smallest absolute Gasteiger partial charge is 0.235 e. The fourth-order valence-electron chi connectivity index (χ4n) is 2.07. The van der Waals surface area contributed by atoms with Gasteiger partial charge in [0.15, 0.2) is 11.5 Å². The molecule has 0 radical (unpaired) electrons. The lowest BCUT2D eigenvalue weighted by atomic mass is 10.1. The molecule has 1 aliphatic rings. The normalized spacial score (nSPS) is 20.8. The van der Waals surface area contributed by atoms with Crippen LogP contribution in [-0.2, 0) is 4.79 Å². The minimum atomic E-state index is 0.0327. The predicted octanol–water partition coefficient (Wildman–Crippen LogP) is 1.90. The van der Waals surface area contributed by atoms with E-state index in [4.69, 9.17) is 14.2 Å². The van der Waals surface area contributed by atoms with Gasteiger partial charge < -0.3 is 14.2 Å². The molecule has 1 saturated carbocycles. The van der Waals surface area contributed by atoms with E-state index in [0.717, 1.165) is 12.0 Å². The maximum absolute atomic E-state index is 10.2. The second kappa shape index (κ2) is 5.10. The van der Waals surface area contributed by atoms with Gasteiger partial charge in [-0.3, -0.25) is 0 Å². The van der Waals surface area contributed by atoms with E-state index in [1.54, 1.807) is 27.4 Å². The Kier molecular flexibility index (Phi) is 3.53. The Morgan fingerprint density at radius 3 is 2.22 bits per heavy atom. The lowest BCUT2D eigenvalue weighted by Gasteiger charge is -2.13. The van der Waals surface area contributed by atoms with Crippen molar-refractivity contribution in [3.63, 3.8) is 0 Å². The fraction of sp³-hybridized carbons (Fsp3) is 0.462. The summed E-state index contributed by atoms with van der Waals surface area (Å²) >= 11 is 0. The van der Waals surface area contributed by atoms with Gasteiger partial charge in [-0.1, -0.05) is 0 Å². The molecule has 0 bridgehead atoms. The molecule has 18 heavy (non-hydrogen) atoms. The van der Waals surface area contributed by atoms with Crippen molar-refractivity contribution in [2.45, 2.75) is 18.4 Å². The first-order chi connectivity index (χ1) is 8.74. The Labute approximate surface area is 105 Å². The highest BCUT2D eigenvalue weighted by atomic mass is 16.5. The third-order valence-corrected chi connectivity index (χ3v) is 3.09. The first-order valence-electron chi connectivity index (χ1n) is 5.62. The molecule has 1 aromatic carbocycles. The van der Waals surface area contributed by atoms with E-state index in [2.05, 4.69) is 4.99 Å². The molecule has 0 spiro atoms. The first-order valence-corrected chi connectivity index (χ1v) is 5.62. The molecule has 96 valence electrons. The third-order valence-electron chi connectivity index (χ3n) is 3.09. The molecule has 0 N–H and O–H groups in total. The van der Waals surface area contributed by atoms with Gasteiger partial charge in [0, 0.05) is 5.92 Å². The standard InChI is InChI=1S/C13H15NO4/c1-16-11-4-8(9-6-10(9)14-7-15)5-12(17-2)13(11)18-3/h4-5,9-10H,6H2,1-3H3. The summed E-state index contributed by atoms with van der Waals surface area (Å²) in [4.78, 5) is 13.9. The average Bonchev–Trinajstić information content (AvgIpc) is 3.16. The van der Waals surface area contributed by atoms with Crippen LogP contribution < -0.4 is 14.2 Å². The predicted molar refractivity (Wildman–Crippen MR) is 65.4 cm³/mol. The lowest BCUT2D eigenvalue weighted by molar-refractivity contribution is 0.324. The molecule has 2 atom stereocenters. The van der Waals surface area contributed by atoms with E-state index in [9.17, 15) is 4.79 Å². The molecule has 0 heterocycles. The fourth-order valence-corrected chi connectivity index (χ4v) is 2.07. The van der Waals surface area contributed by atoms with Crippen molar-refractivity contribution >= 4 is 6.08 Å². The number of ether oxygens (including phenoxy) is 3. The largest absolute Gasteiger partial charge is 0.493 e. The van der Waals surface area contributed by atoms with Crippen LogP contribution in [-0.4, -0.2) is 33.5 Å². The number of nitrogens with zero attached hydrogens (tertiary/aromatic N) is 1. The topological polar surface area (TPSA) is 57.1 Å². The highest BCUT2D eigenvalue weighted by Crippen LogP contribution is 2.48. The van der Waals surface area contributed by atoms with E-state index < -0.39 is 0 Å². The van der Waals surface area contributed by atoms with Crippen LogP contribution in [0, 0.1) is 0 Å². The van der Waals surface area contributed by atoms with Gasteiger partial charge in [0.05, 0.1) is 27.4 Å². The van der Waals surface area contributed by atoms with Crippen LogP contribution in [0.2, 0.25) is 0 Å². The van der Waals surface area contributed by atoms with E-state index in [1.165, 1.54) is 0 Å². The van der Waals surface area contributed by atoms with Crippen LogP contribution in [0.25, 0.3) is 0 Å². The second-order valence-electron chi connectivity index (χ2n) is 4.09. The van der Waals surface area contributed by atoms with Crippen LogP contribution >= 0.6 is 0 Å². The van der Waals surface area contributed by atoms with Crippen molar-refractivity contribution in [1.82, 2.24) is 0 Å². The Morgan fingerprint density at radius 2 is 1.78 bits per heavy atom. The summed E-state index contributed by atoms with van der Waals surface area (Å²) in [6, 6.07) is 3.82. The Morgan fingerprint density at radius 1 is 1.17 bits per heavy atom. The molecule has 1 aliphatic carbocycles. The SMILES string of the molecule is COc1cc(C2CC2N=C=O)cc(OC)c1OC. The van der Waals surface area contributed by atoms with E-state index in [0.29, 0.717) is 17.2 Å². The van der Waals surface area contributed by atoms with Gasteiger partial charge >= 0.3 is 0 Å². The number of benzene rings is 1. The average molecular weight is 249 g/mol. The van der Waals surface area contributed by atoms with Crippen LogP contribution in [0.1, 0.15) is 17.9 Å². The summed E-state index contributed by atoms with van der Waals surface area (Å²) in [6.07, 6.45) is 2.45. The van der Waals surface area contributed by atoms with Crippen molar-refractivity contribution in [2.75, 3.05) is 21.3 Å². The van der Waals surface area contributed by atoms with E-state index in [1.807, 2.05) is 12.1 Å². The quantitative estimate of drug-likeness (QED) is 0.590. The van der Waals surface area contributed by atoms with Crippen LogP contribution in [0.4, 0.5) is 0 Å². The molecule has 5 heteroatoms. The molecular formula is C13H15NO4. The highest BCUT2D eigenvalue weighted by Gasteiger charge is 2.39. The summed E-state index contributed by atoms with van der Waals surface area (Å²) < 4.78 is 15.8. The van der Waals surface area contributed by atoms with E-state index in [-0.39, 0.29) is 12.0 Å². The van der Waals surface area contributed by atoms with Gasteiger partial charge in [-0.25, -0.2) is 9.79 Å². The number of carbonyl (C=O) groups excluding carboxylic acids is 1. The summed E-state index contributed by atoms with van der Waals surface area (Å²) in [5.74, 6) is 2.04. The highest BCUT2D eigenvalue weighted by molar-refractivity contribution is 5.55. The van der Waals surface area contributed by atoms with Crippen LogP contribution in [0.15, 0.2) is 17.1 Å². The molecular weight excluding hydrogens is 234 g/mol. The maximum Gasteiger partial charge on any atom is 0.235 e. The zero-order chi connectivity index (χ0) is 13.1. The number of methoxy groups -OCH3 is 3. The van der Waals surface area contributed by atoms with Crippen LogP contribution in [0.3, 0.4) is 0 Å². The zero-order valence-corrected chi connectivity index (χ0v) is 10.6. The minimum Gasteiger partial charge on any atom is -0.493 e. The molecule has 2 unspecified atom stereocenters.